The van der Waals surface area contributed by atoms with Crippen LogP contribution in [0.3, 0.4) is 0 Å². The predicted molar refractivity (Wildman–Crippen MR) is 69.5 cm³/mol. The number of urea groups is 1. The second kappa shape index (κ2) is 7.24. The second-order valence-corrected chi connectivity index (χ2v) is 5.14. The number of likely N-dealkylation sites (tertiary alicyclic amines) is 1. The van der Waals surface area contributed by atoms with E-state index in [0.717, 1.165) is 25.7 Å². The monoisotopic (exact) mass is 256 g/mol. The van der Waals surface area contributed by atoms with Crippen LogP contribution in [-0.2, 0) is 4.79 Å². The van der Waals surface area contributed by atoms with Gasteiger partial charge in [-0.2, -0.15) is 0 Å². The summed E-state index contributed by atoms with van der Waals surface area (Å²) in [5.74, 6) is -0.377. The number of carboxylic acid groups (broad SMARTS) is 1. The Morgan fingerprint density at radius 2 is 2.17 bits per heavy atom. The summed E-state index contributed by atoms with van der Waals surface area (Å²) < 4.78 is 0. The van der Waals surface area contributed by atoms with E-state index >= 15 is 0 Å². The summed E-state index contributed by atoms with van der Waals surface area (Å²) in [4.78, 5) is 24.5. The van der Waals surface area contributed by atoms with Gasteiger partial charge < -0.3 is 15.3 Å². The number of piperidine rings is 1. The molecule has 0 radical (unpaired) electrons. The van der Waals surface area contributed by atoms with Gasteiger partial charge in [0.2, 0.25) is 0 Å². The number of carboxylic acids is 1. The number of carbonyl (C=O) groups excluding carboxylic acids is 1. The highest BCUT2D eigenvalue weighted by molar-refractivity contribution is 5.76. The first-order valence-electron chi connectivity index (χ1n) is 6.80. The Kier molecular flexibility index (Phi) is 5.95. The fourth-order valence-electron chi connectivity index (χ4n) is 2.19. The molecule has 18 heavy (non-hydrogen) atoms. The fourth-order valence-corrected chi connectivity index (χ4v) is 2.19. The molecule has 1 aliphatic heterocycles. The SMILES string of the molecule is CCC(C)CNC(=O)N1CCCCC1CC(=O)O. The zero-order valence-electron chi connectivity index (χ0n) is 11.3. The Morgan fingerprint density at radius 3 is 2.78 bits per heavy atom. The molecular formula is C13H24N2O3. The Morgan fingerprint density at radius 1 is 1.44 bits per heavy atom. The summed E-state index contributed by atoms with van der Waals surface area (Å²) in [7, 11) is 0. The van der Waals surface area contributed by atoms with Gasteiger partial charge in [-0.25, -0.2) is 4.79 Å². The standard InChI is InChI=1S/C13H24N2O3/c1-3-10(2)9-14-13(18)15-7-5-4-6-11(15)8-12(16)17/h10-11H,3-9H2,1-2H3,(H,14,18)(H,16,17). The van der Waals surface area contributed by atoms with Crippen LogP contribution in [-0.4, -0.2) is 41.1 Å². The second-order valence-electron chi connectivity index (χ2n) is 5.14. The van der Waals surface area contributed by atoms with Crippen molar-refractivity contribution in [3.8, 4) is 0 Å². The maximum atomic E-state index is 12.0. The molecule has 1 rings (SSSR count). The molecule has 0 aliphatic carbocycles. The third kappa shape index (κ3) is 4.55. The topological polar surface area (TPSA) is 69.6 Å². The summed E-state index contributed by atoms with van der Waals surface area (Å²) in [6.45, 7) is 5.51. The molecule has 0 spiro atoms. The van der Waals surface area contributed by atoms with Crippen LogP contribution in [0.25, 0.3) is 0 Å². The Bertz CT molecular complexity index is 294. The van der Waals surface area contributed by atoms with E-state index in [-0.39, 0.29) is 18.5 Å². The van der Waals surface area contributed by atoms with Crippen molar-refractivity contribution in [3.05, 3.63) is 0 Å². The lowest BCUT2D eigenvalue weighted by atomic mass is 10.00. The first-order chi connectivity index (χ1) is 8.54. The highest BCUT2D eigenvalue weighted by atomic mass is 16.4. The van der Waals surface area contributed by atoms with Gasteiger partial charge in [-0.15, -0.1) is 0 Å². The van der Waals surface area contributed by atoms with E-state index in [1.165, 1.54) is 0 Å². The molecule has 1 aliphatic rings. The van der Waals surface area contributed by atoms with Crippen LogP contribution in [0.2, 0.25) is 0 Å². The fraction of sp³-hybridized carbons (Fsp3) is 0.846. The minimum absolute atomic E-state index is 0.0523. The Balaban J connectivity index is 2.49. The van der Waals surface area contributed by atoms with E-state index in [4.69, 9.17) is 5.11 Å². The molecule has 2 unspecified atom stereocenters. The molecular weight excluding hydrogens is 232 g/mol. The third-order valence-corrected chi connectivity index (χ3v) is 3.60. The zero-order chi connectivity index (χ0) is 13.5. The van der Waals surface area contributed by atoms with Gasteiger partial charge in [0.25, 0.3) is 0 Å². The molecule has 1 heterocycles. The van der Waals surface area contributed by atoms with Crippen LogP contribution in [0.15, 0.2) is 0 Å². The van der Waals surface area contributed by atoms with Gasteiger partial charge in [0.05, 0.1) is 6.42 Å². The number of hydrogen-bond acceptors (Lipinski definition) is 2. The van der Waals surface area contributed by atoms with Crippen LogP contribution in [0.4, 0.5) is 4.79 Å². The molecule has 0 aromatic rings. The number of rotatable bonds is 5. The van der Waals surface area contributed by atoms with Crippen LogP contribution in [0.1, 0.15) is 46.0 Å². The summed E-state index contributed by atoms with van der Waals surface area (Å²) >= 11 is 0. The first kappa shape index (κ1) is 14.8. The summed E-state index contributed by atoms with van der Waals surface area (Å²) in [5, 5.41) is 11.8. The van der Waals surface area contributed by atoms with Crippen molar-refractivity contribution in [2.45, 2.75) is 52.0 Å². The number of hydrogen-bond donors (Lipinski definition) is 2. The Hall–Kier alpha value is -1.26. The van der Waals surface area contributed by atoms with Crippen molar-refractivity contribution in [1.29, 1.82) is 0 Å². The van der Waals surface area contributed by atoms with E-state index < -0.39 is 5.97 Å². The predicted octanol–water partition coefficient (Wildman–Crippen LogP) is 2.07. The van der Waals surface area contributed by atoms with Gasteiger partial charge in [-0.05, 0) is 25.2 Å². The number of nitrogens with zero attached hydrogens (tertiary/aromatic N) is 1. The van der Waals surface area contributed by atoms with E-state index in [0.29, 0.717) is 19.0 Å². The molecule has 0 aromatic heterocycles. The lowest BCUT2D eigenvalue weighted by Crippen LogP contribution is -2.50. The maximum Gasteiger partial charge on any atom is 0.317 e. The zero-order valence-corrected chi connectivity index (χ0v) is 11.3. The quantitative estimate of drug-likeness (QED) is 0.791. The molecule has 1 saturated heterocycles. The average molecular weight is 256 g/mol. The molecule has 104 valence electrons. The smallest absolute Gasteiger partial charge is 0.317 e. The van der Waals surface area contributed by atoms with Gasteiger partial charge in [-0.1, -0.05) is 20.3 Å². The normalized spacial score (nSPS) is 21.4. The number of amides is 2. The van der Waals surface area contributed by atoms with Gasteiger partial charge in [0, 0.05) is 19.1 Å². The summed E-state index contributed by atoms with van der Waals surface area (Å²) in [6, 6.07) is -0.255. The molecule has 2 atom stereocenters. The number of nitrogens with one attached hydrogen (secondary N) is 1. The minimum atomic E-state index is -0.832. The van der Waals surface area contributed by atoms with Crippen molar-refractivity contribution < 1.29 is 14.7 Å². The van der Waals surface area contributed by atoms with Crippen molar-refractivity contribution in [2.75, 3.05) is 13.1 Å². The van der Waals surface area contributed by atoms with Crippen molar-refractivity contribution in [1.82, 2.24) is 10.2 Å². The summed E-state index contributed by atoms with van der Waals surface area (Å²) in [6.07, 6.45) is 3.85. The average Bonchev–Trinajstić information content (AvgIpc) is 2.35. The largest absolute Gasteiger partial charge is 0.481 e. The number of aliphatic carboxylic acids is 1. The van der Waals surface area contributed by atoms with Gasteiger partial charge >= 0.3 is 12.0 Å². The molecule has 5 heteroatoms. The van der Waals surface area contributed by atoms with Crippen LogP contribution < -0.4 is 5.32 Å². The third-order valence-electron chi connectivity index (χ3n) is 3.60. The van der Waals surface area contributed by atoms with E-state index in [1.807, 2.05) is 0 Å². The summed E-state index contributed by atoms with van der Waals surface area (Å²) in [5.41, 5.74) is 0. The lowest BCUT2D eigenvalue weighted by Gasteiger charge is -2.35. The Labute approximate surface area is 109 Å². The highest BCUT2D eigenvalue weighted by Crippen LogP contribution is 2.19. The van der Waals surface area contributed by atoms with Crippen molar-refractivity contribution in [2.24, 2.45) is 5.92 Å². The van der Waals surface area contributed by atoms with Gasteiger partial charge in [-0.3, -0.25) is 4.79 Å². The highest BCUT2D eigenvalue weighted by Gasteiger charge is 2.28. The van der Waals surface area contributed by atoms with Crippen LogP contribution >= 0.6 is 0 Å². The molecule has 0 bridgehead atoms. The van der Waals surface area contributed by atoms with Gasteiger partial charge in [0.15, 0.2) is 0 Å². The number of carbonyl (C=O) groups is 2. The van der Waals surface area contributed by atoms with E-state index in [2.05, 4.69) is 19.2 Å². The molecule has 5 nitrogen and oxygen atoms in total. The van der Waals surface area contributed by atoms with Crippen molar-refractivity contribution in [3.63, 3.8) is 0 Å². The minimum Gasteiger partial charge on any atom is -0.481 e. The molecule has 2 amide bonds. The van der Waals surface area contributed by atoms with Crippen LogP contribution in [0.5, 0.6) is 0 Å². The molecule has 2 N–H and O–H groups in total. The first-order valence-corrected chi connectivity index (χ1v) is 6.80. The van der Waals surface area contributed by atoms with E-state index in [1.54, 1.807) is 4.90 Å². The van der Waals surface area contributed by atoms with E-state index in [9.17, 15) is 9.59 Å². The molecule has 1 fully saturated rings. The van der Waals surface area contributed by atoms with Gasteiger partial charge in [0.1, 0.15) is 0 Å². The lowest BCUT2D eigenvalue weighted by molar-refractivity contribution is -0.138. The molecule has 0 saturated carbocycles. The van der Waals surface area contributed by atoms with Crippen LogP contribution in [0, 0.1) is 5.92 Å². The maximum absolute atomic E-state index is 12.0. The molecule has 0 aromatic carbocycles. The van der Waals surface area contributed by atoms with Crippen molar-refractivity contribution >= 4 is 12.0 Å².